The summed E-state index contributed by atoms with van der Waals surface area (Å²) >= 11 is 5.97. The Balaban J connectivity index is 2.28. The van der Waals surface area contributed by atoms with Gasteiger partial charge in [0.2, 0.25) is 0 Å². The second-order valence-corrected chi connectivity index (χ2v) is 5.57. The summed E-state index contributed by atoms with van der Waals surface area (Å²) in [6, 6.07) is 1.82. The van der Waals surface area contributed by atoms with E-state index in [1.807, 2.05) is 4.57 Å². The van der Waals surface area contributed by atoms with Crippen LogP contribution in [0.25, 0.3) is 0 Å². The van der Waals surface area contributed by atoms with Gasteiger partial charge in [0, 0.05) is 12.2 Å². The Hall–Kier alpha value is -0.960. The number of aromatic carboxylic acids is 1. The molecule has 1 aromatic rings. The van der Waals surface area contributed by atoms with Gasteiger partial charge in [-0.1, -0.05) is 37.8 Å². The Kier molecular flexibility index (Phi) is 4.33. The molecule has 1 N–H and O–H groups in total. The SMILES string of the molecule is CCC(C1CCCCC1)n1cc(Cl)cc1C(=O)O. The first-order valence-corrected chi connectivity index (χ1v) is 7.12. The van der Waals surface area contributed by atoms with Crippen LogP contribution in [0.4, 0.5) is 0 Å². The summed E-state index contributed by atoms with van der Waals surface area (Å²) in [6.07, 6.45) is 8.97. The maximum atomic E-state index is 11.3. The van der Waals surface area contributed by atoms with Gasteiger partial charge in [-0.3, -0.25) is 0 Å². The van der Waals surface area contributed by atoms with Crippen molar-refractivity contribution in [2.24, 2.45) is 5.92 Å². The average Bonchev–Trinajstić information content (AvgIpc) is 2.74. The third-order valence-corrected chi connectivity index (χ3v) is 4.21. The van der Waals surface area contributed by atoms with E-state index in [-0.39, 0.29) is 6.04 Å². The van der Waals surface area contributed by atoms with Crippen LogP contribution in [0.15, 0.2) is 12.3 Å². The van der Waals surface area contributed by atoms with E-state index in [2.05, 4.69) is 6.92 Å². The van der Waals surface area contributed by atoms with E-state index in [1.165, 1.54) is 32.1 Å². The summed E-state index contributed by atoms with van der Waals surface area (Å²) in [6.45, 7) is 2.12. The quantitative estimate of drug-likeness (QED) is 0.882. The number of hydrogen-bond donors (Lipinski definition) is 1. The largest absolute Gasteiger partial charge is 0.477 e. The minimum Gasteiger partial charge on any atom is -0.477 e. The van der Waals surface area contributed by atoms with E-state index >= 15 is 0 Å². The van der Waals surface area contributed by atoms with E-state index < -0.39 is 5.97 Å². The van der Waals surface area contributed by atoms with Crippen molar-refractivity contribution in [3.8, 4) is 0 Å². The lowest BCUT2D eigenvalue weighted by Gasteiger charge is -2.31. The molecule has 0 amide bonds. The Bertz CT molecular complexity index is 421. The highest BCUT2D eigenvalue weighted by Crippen LogP contribution is 2.36. The van der Waals surface area contributed by atoms with E-state index in [0.717, 1.165) is 6.42 Å². The van der Waals surface area contributed by atoms with Gasteiger partial charge in [0.25, 0.3) is 0 Å². The topological polar surface area (TPSA) is 42.2 Å². The Morgan fingerprint density at radius 2 is 2.17 bits per heavy atom. The van der Waals surface area contributed by atoms with Crippen molar-refractivity contribution in [2.45, 2.75) is 51.5 Å². The molecule has 1 heterocycles. The van der Waals surface area contributed by atoms with Gasteiger partial charge in [-0.05, 0) is 31.2 Å². The molecular weight excluding hydrogens is 250 g/mol. The molecule has 1 aliphatic carbocycles. The third-order valence-electron chi connectivity index (χ3n) is 4.00. The van der Waals surface area contributed by atoms with Gasteiger partial charge in [-0.15, -0.1) is 0 Å². The van der Waals surface area contributed by atoms with Gasteiger partial charge in [0.05, 0.1) is 5.02 Å². The lowest BCUT2D eigenvalue weighted by Crippen LogP contribution is -2.23. The number of nitrogens with zero attached hydrogens (tertiary/aromatic N) is 1. The highest BCUT2D eigenvalue weighted by molar-refractivity contribution is 6.30. The maximum absolute atomic E-state index is 11.3. The summed E-state index contributed by atoms with van der Waals surface area (Å²) < 4.78 is 1.88. The fourth-order valence-corrected chi connectivity index (χ4v) is 3.38. The number of aromatic nitrogens is 1. The summed E-state index contributed by atoms with van der Waals surface area (Å²) in [4.78, 5) is 11.3. The number of carboxylic acid groups (broad SMARTS) is 1. The predicted molar refractivity (Wildman–Crippen MR) is 72.3 cm³/mol. The highest BCUT2D eigenvalue weighted by Gasteiger charge is 2.26. The van der Waals surface area contributed by atoms with Crippen molar-refractivity contribution in [1.29, 1.82) is 0 Å². The van der Waals surface area contributed by atoms with Crippen LogP contribution in [0.1, 0.15) is 62.0 Å². The van der Waals surface area contributed by atoms with Crippen LogP contribution in [0.5, 0.6) is 0 Å². The molecular formula is C14H20ClNO2. The monoisotopic (exact) mass is 269 g/mol. The second-order valence-electron chi connectivity index (χ2n) is 5.13. The fraction of sp³-hybridized carbons (Fsp3) is 0.643. The minimum absolute atomic E-state index is 0.267. The molecule has 4 heteroatoms. The van der Waals surface area contributed by atoms with Gasteiger partial charge >= 0.3 is 5.97 Å². The van der Waals surface area contributed by atoms with Crippen LogP contribution >= 0.6 is 11.6 Å². The Morgan fingerprint density at radius 3 is 2.72 bits per heavy atom. The van der Waals surface area contributed by atoms with Crippen LogP contribution in [0.2, 0.25) is 5.02 Å². The van der Waals surface area contributed by atoms with E-state index in [4.69, 9.17) is 11.6 Å². The van der Waals surface area contributed by atoms with Crippen molar-refractivity contribution in [1.82, 2.24) is 4.57 Å². The molecule has 18 heavy (non-hydrogen) atoms. The summed E-state index contributed by atoms with van der Waals surface area (Å²) in [7, 11) is 0. The van der Waals surface area contributed by atoms with Crippen LogP contribution in [-0.4, -0.2) is 15.6 Å². The molecule has 2 rings (SSSR count). The third kappa shape index (κ3) is 2.72. The van der Waals surface area contributed by atoms with E-state index in [9.17, 15) is 9.90 Å². The molecule has 1 atom stereocenters. The molecule has 100 valence electrons. The summed E-state index contributed by atoms with van der Waals surface area (Å²) in [5.41, 5.74) is 0.317. The molecule has 1 fully saturated rings. The van der Waals surface area contributed by atoms with Crippen molar-refractivity contribution in [2.75, 3.05) is 0 Å². The highest BCUT2D eigenvalue weighted by atomic mass is 35.5. The lowest BCUT2D eigenvalue weighted by molar-refractivity contribution is 0.0678. The van der Waals surface area contributed by atoms with Gasteiger partial charge < -0.3 is 9.67 Å². The number of hydrogen-bond acceptors (Lipinski definition) is 1. The van der Waals surface area contributed by atoms with Crippen molar-refractivity contribution in [3.05, 3.63) is 23.0 Å². The number of halogens is 1. The first kappa shape index (κ1) is 13.5. The van der Waals surface area contributed by atoms with Crippen LogP contribution < -0.4 is 0 Å². The molecule has 3 nitrogen and oxygen atoms in total. The zero-order chi connectivity index (χ0) is 13.1. The molecule has 1 aliphatic rings. The van der Waals surface area contributed by atoms with Crippen LogP contribution in [-0.2, 0) is 0 Å². The average molecular weight is 270 g/mol. The van der Waals surface area contributed by atoms with Crippen molar-refractivity contribution in [3.63, 3.8) is 0 Å². The smallest absolute Gasteiger partial charge is 0.352 e. The van der Waals surface area contributed by atoms with Crippen molar-refractivity contribution < 1.29 is 9.90 Å². The molecule has 0 spiro atoms. The first-order chi connectivity index (χ1) is 8.63. The fourth-order valence-electron chi connectivity index (χ4n) is 3.17. The lowest BCUT2D eigenvalue weighted by atomic mass is 9.82. The molecule has 0 aromatic carbocycles. The number of carbonyl (C=O) groups is 1. The molecule has 0 saturated heterocycles. The molecule has 0 aliphatic heterocycles. The minimum atomic E-state index is -0.892. The molecule has 0 bridgehead atoms. The van der Waals surface area contributed by atoms with Crippen molar-refractivity contribution >= 4 is 17.6 Å². The molecule has 1 aromatic heterocycles. The first-order valence-electron chi connectivity index (χ1n) is 6.74. The second kappa shape index (κ2) is 5.79. The summed E-state index contributed by atoms with van der Waals surface area (Å²) in [5.74, 6) is -0.304. The maximum Gasteiger partial charge on any atom is 0.352 e. The number of carboxylic acids is 1. The van der Waals surface area contributed by atoms with E-state index in [1.54, 1.807) is 12.3 Å². The van der Waals surface area contributed by atoms with Gasteiger partial charge in [0.1, 0.15) is 5.69 Å². The van der Waals surface area contributed by atoms with Gasteiger partial charge in [0.15, 0.2) is 0 Å². The van der Waals surface area contributed by atoms with Crippen LogP contribution in [0.3, 0.4) is 0 Å². The molecule has 0 radical (unpaired) electrons. The van der Waals surface area contributed by atoms with E-state index in [0.29, 0.717) is 16.6 Å². The van der Waals surface area contributed by atoms with Crippen LogP contribution in [0, 0.1) is 5.92 Å². The Morgan fingerprint density at radius 1 is 1.50 bits per heavy atom. The molecule has 1 saturated carbocycles. The zero-order valence-electron chi connectivity index (χ0n) is 10.7. The zero-order valence-corrected chi connectivity index (χ0v) is 11.5. The van der Waals surface area contributed by atoms with Gasteiger partial charge in [-0.25, -0.2) is 4.79 Å². The Labute approximate surface area is 113 Å². The normalized spacial score (nSPS) is 18.8. The molecule has 1 unspecified atom stereocenters. The van der Waals surface area contributed by atoms with Gasteiger partial charge in [-0.2, -0.15) is 0 Å². The predicted octanol–water partition coefficient (Wildman–Crippen LogP) is 4.37. The number of rotatable bonds is 4. The summed E-state index contributed by atoms with van der Waals surface area (Å²) in [5, 5.41) is 9.76. The standard InChI is InChI=1S/C14H20ClNO2/c1-2-12(10-6-4-3-5-7-10)16-9-11(15)8-13(16)14(17)18/h8-10,12H,2-7H2,1H3,(H,17,18).